The number of likely N-dealkylation sites (N-methyl/N-ethyl adjacent to an activating group) is 1. The quantitative estimate of drug-likeness (QED) is 0.861. The molecule has 0 spiro atoms. The number of aryl methyl sites for hydroxylation is 2. The lowest BCUT2D eigenvalue weighted by atomic mass is 10.0. The standard InChI is InChI=1S/C14H22N2O2/c1-9-7-10(2)12(18-6)11(8-9)16-13(17)14(3,4)15-5/h7-8,15H,1-6H3,(H,16,17). The van der Waals surface area contributed by atoms with E-state index in [2.05, 4.69) is 10.6 Å². The van der Waals surface area contributed by atoms with Crippen LogP contribution >= 0.6 is 0 Å². The van der Waals surface area contributed by atoms with Crippen LogP contribution in [0, 0.1) is 13.8 Å². The van der Waals surface area contributed by atoms with Gasteiger partial charge in [-0.05, 0) is 51.9 Å². The number of nitrogens with one attached hydrogen (secondary N) is 2. The molecule has 2 N–H and O–H groups in total. The molecule has 0 radical (unpaired) electrons. The van der Waals surface area contributed by atoms with E-state index in [1.807, 2.05) is 39.8 Å². The predicted molar refractivity (Wildman–Crippen MR) is 74.2 cm³/mol. The third-order valence-electron chi connectivity index (χ3n) is 3.06. The number of carbonyl (C=O) groups excluding carboxylic acids is 1. The Morgan fingerprint density at radius 3 is 2.39 bits per heavy atom. The number of hydrogen-bond donors (Lipinski definition) is 2. The van der Waals surface area contributed by atoms with Gasteiger partial charge in [0.05, 0.1) is 18.3 Å². The molecule has 0 aliphatic carbocycles. The molecule has 18 heavy (non-hydrogen) atoms. The van der Waals surface area contributed by atoms with Gasteiger partial charge in [-0.3, -0.25) is 4.79 Å². The molecule has 0 bridgehead atoms. The molecule has 0 unspecified atom stereocenters. The van der Waals surface area contributed by atoms with Crippen LogP contribution in [0.1, 0.15) is 25.0 Å². The number of methoxy groups -OCH3 is 1. The Kier molecular flexibility index (Phi) is 4.35. The van der Waals surface area contributed by atoms with Crippen LogP contribution in [0.5, 0.6) is 5.75 Å². The van der Waals surface area contributed by atoms with E-state index in [1.54, 1.807) is 14.2 Å². The van der Waals surface area contributed by atoms with E-state index in [0.29, 0.717) is 11.4 Å². The molecule has 0 atom stereocenters. The van der Waals surface area contributed by atoms with Crippen molar-refractivity contribution in [2.45, 2.75) is 33.2 Å². The van der Waals surface area contributed by atoms with Crippen molar-refractivity contribution in [1.82, 2.24) is 5.32 Å². The molecule has 0 heterocycles. The zero-order chi connectivity index (χ0) is 13.9. The van der Waals surface area contributed by atoms with Crippen LogP contribution < -0.4 is 15.4 Å². The molecule has 0 fully saturated rings. The summed E-state index contributed by atoms with van der Waals surface area (Å²) in [6.45, 7) is 7.62. The largest absolute Gasteiger partial charge is 0.494 e. The molecule has 0 aliphatic rings. The van der Waals surface area contributed by atoms with Crippen LogP contribution in [0.2, 0.25) is 0 Å². The van der Waals surface area contributed by atoms with Crippen LogP contribution in [-0.4, -0.2) is 25.6 Å². The van der Waals surface area contributed by atoms with Crippen molar-refractivity contribution in [2.75, 3.05) is 19.5 Å². The zero-order valence-corrected chi connectivity index (χ0v) is 12.0. The van der Waals surface area contributed by atoms with Crippen molar-refractivity contribution < 1.29 is 9.53 Å². The fraction of sp³-hybridized carbons (Fsp3) is 0.500. The van der Waals surface area contributed by atoms with Gasteiger partial charge < -0.3 is 15.4 Å². The van der Waals surface area contributed by atoms with E-state index in [-0.39, 0.29) is 5.91 Å². The maximum absolute atomic E-state index is 12.1. The van der Waals surface area contributed by atoms with Crippen molar-refractivity contribution >= 4 is 11.6 Å². The lowest BCUT2D eigenvalue weighted by Crippen LogP contribution is -2.47. The van der Waals surface area contributed by atoms with Crippen molar-refractivity contribution in [3.8, 4) is 5.75 Å². The number of anilines is 1. The molecule has 4 heteroatoms. The summed E-state index contributed by atoms with van der Waals surface area (Å²) in [5, 5.41) is 5.88. The van der Waals surface area contributed by atoms with Crippen LogP contribution in [0.4, 0.5) is 5.69 Å². The van der Waals surface area contributed by atoms with Crippen molar-refractivity contribution in [2.24, 2.45) is 0 Å². The van der Waals surface area contributed by atoms with E-state index < -0.39 is 5.54 Å². The highest BCUT2D eigenvalue weighted by Crippen LogP contribution is 2.30. The van der Waals surface area contributed by atoms with Gasteiger partial charge in [-0.25, -0.2) is 0 Å². The topological polar surface area (TPSA) is 50.4 Å². The Bertz CT molecular complexity index is 453. The molecular weight excluding hydrogens is 228 g/mol. The summed E-state index contributed by atoms with van der Waals surface area (Å²) >= 11 is 0. The molecule has 0 saturated heterocycles. The molecular formula is C14H22N2O2. The van der Waals surface area contributed by atoms with E-state index in [0.717, 1.165) is 11.1 Å². The molecule has 0 aliphatic heterocycles. The maximum atomic E-state index is 12.1. The Hall–Kier alpha value is -1.55. The summed E-state index contributed by atoms with van der Waals surface area (Å²) in [5.74, 6) is 0.620. The Morgan fingerprint density at radius 2 is 1.89 bits per heavy atom. The first kappa shape index (κ1) is 14.5. The van der Waals surface area contributed by atoms with Crippen molar-refractivity contribution in [1.29, 1.82) is 0 Å². The minimum absolute atomic E-state index is 0.0895. The minimum atomic E-state index is -0.622. The summed E-state index contributed by atoms with van der Waals surface area (Å²) < 4.78 is 5.34. The minimum Gasteiger partial charge on any atom is -0.494 e. The van der Waals surface area contributed by atoms with E-state index in [1.165, 1.54) is 0 Å². The SMILES string of the molecule is CNC(C)(C)C(=O)Nc1cc(C)cc(C)c1OC. The Labute approximate surface area is 109 Å². The summed E-state index contributed by atoms with van der Waals surface area (Å²) in [4.78, 5) is 12.1. The van der Waals surface area contributed by atoms with E-state index >= 15 is 0 Å². The summed E-state index contributed by atoms with van der Waals surface area (Å²) in [6, 6.07) is 3.94. The number of rotatable bonds is 4. The second kappa shape index (κ2) is 5.40. The Balaban J connectivity index is 3.08. The highest BCUT2D eigenvalue weighted by Gasteiger charge is 2.26. The van der Waals surface area contributed by atoms with E-state index in [9.17, 15) is 4.79 Å². The van der Waals surface area contributed by atoms with Crippen molar-refractivity contribution in [3.05, 3.63) is 23.3 Å². The highest BCUT2D eigenvalue weighted by atomic mass is 16.5. The average molecular weight is 250 g/mol. The summed E-state index contributed by atoms with van der Waals surface area (Å²) in [6.07, 6.45) is 0. The molecule has 1 aromatic rings. The third kappa shape index (κ3) is 3.01. The monoisotopic (exact) mass is 250 g/mol. The van der Waals surface area contributed by atoms with Gasteiger partial charge >= 0.3 is 0 Å². The lowest BCUT2D eigenvalue weighted by molar-refractivity contribution is -0.121. The van der Waals surface area contributed by atoms with Crippen LogP contribution in [0.15, 0.2) is 12.1 Å². The predicted octanol–water partition coefficient (Wildman–Crippen LogP) is 2.25. The highest BCUT2D eigenvalue weighted by molar-refractivity contribution is 5.98. The molecule has 1 aromatic carbocycles. The van der Waals surface area contributed by atoms with Crippen LogP contribution in [0.3, 0.4) is 0 Å². The zero-order valence-electron chi connectivity index (χ0n) is 12.0. The van der Waals surface area contributed by atoms with Gasteiger partial charge in [0, 0.05) is 0 Å². The fourth-order valence-electron chi connectivity index (χ4n) is 1.71. The van der Waals surface area contributed by atoms with Crippen LogP contribution in [-0.2, 0) is 4.79 Å². The number of carbonyl (C=O) groups is 1. The van der Waals surface area contributed by atoms with Gasteiger partial charge in [0.2, 0.25) is 5.91 Å². The van der Waals surface area contributed by atoms with Gasteiger partial charge in [0.25, 0.3) is 0 Å². The van der Waals surface area contributed by atoms with Gasteiger partial charge in [-0.15, -0.1) is 0 Å². The second-order valence-electron chi connectivity index (χ2n) is 4.99. The molecule has 100 valence electrons. The average Bonchev–Trinajstić information content (AvgIpc) is 2.28. The van der Waals surface area contributed by atoms with Gasteiger partial charge in [0.15, 0.2) is 0 Å². The first-order valence-electron chi connectivity index (χ1n) is 5.97. The van der Waals surface area contributed by atoms with Gasteiger partial charge in [-0.1, -0.05) is 6.07 Å². The van der Waals surface area contributed by atoms with Gasteiger partial charge in [-0.2, -0.15) is 0 Å². The number of hydrogen-bond acceptors (Lipinski definition) is 3. The normalized spacial score (nSPS) is 11.2. The lowest BCUT2D eigenvalue weighted by Gasteiger charge is -2.24. The smallest absolute Gasteiger partial charge is 0.244 e. The summed E-state index contributed by atoms with van der Waals surface area (Å²) in [5.41, 5.74) is 2.19. The van der Waals surface area contributed by atoms with Crippen LogP contribution in [0.25, 0.3) is 0 Å². The number of benzene rings is 1. The molecule has 4 nitrogen and oxygen atoms in total. The van der Waals surface area contributed by atoms with E-state index in [4.69, 9.17) is 4.74 Å². The number of amides is 1. The maximum Gasteiger partial charge on any atom is 0.244 e. The summed E-state index contributed by atoms with van der Waals surface area (Å²) in [7, 11) is 3.37. The molecule has 0 aromatic heterocycles. The number of ether oxygens (including phenoxy) is 1. The second-order valence-corrected chi connectivity index (χ2v) is 4.99. The van der Waals surface area contributed by atoms with Gasteiger partial charge in [0.1, 0.15) is 5.75 Å². The fourth-order valence-corrected chi connectivity index (χ4v) is 1.71. The molecule has 1 amide bonds. The molecule has 1 rings (SSSR count). The first-order valence-corrected chi connectivity index (χ1v) is 5.97. The Morgan fingerprint density at radius 1 is 1.28 bits per heavy atom. The first-order chi connectivity index (χ1) is 8.31. The van der Waals surface area contributed by atoms with Crippen molar-refractivity contribution in [3.63, 3.8) is 0 Å². The third-order valence-corrected chi connectivity index (χ3v) is 3.06. The molecule has 0 saturated carbocycles.